The summed E-state index contributed by atoms with van der Waals surface area (Å²) in [5, 5.41) is 13.5. The van der Waals surface area contributed by atoms with Crippen molar-refractivity contribution in [3.05, 3.63) is 40.8 Å². The number of nitriles is 1. The van der Waals surface area contributed by atoms with Crippen molar-refractivity contribution in [3.63, 3.8) is 0 Å². The molecule has 2 aromatic heterocycles. The zero-order valence-electron chi connectivity index (χ0n) is 17.4. The Kier molecular flexibility index (Phi) is 6.02. The first-order valence-corrected chi connectivity index (χ1v) is 10.6. The third-order valence-electron chi connectivity index (χ3n) is 6.14. The summed E-state index contributed by atoms with van der Waals surface area (Å²) < 4.78 is 5.49. The SMILES string of the molecule is CCN1CCN(c2nc(NCc3ccco3)c3c(c2C#N)CCN(CC)C3)CC1. The van der Waals surface area contributed by atoms with Crippen LogP contribution in [0.1, 0.15) is 36.3 Å². The van der Waals surface area contributed by atoms with Gasteiger partial charge in [0.2, 0.25) is 0 Å². The Balaban J connectivity index is 1.69. The quantitative estimate of drug-likeness (QED) is 0.808. The maximum atomic E-state index is 10.0. The summed E-state index contributed by atoms with van der Waals surface area (Å²) in [6.07, 6.45) is 2.59. The van der Waals surface area contributed by atoms with Crippen LogP contribution < -0.4 is 10.2 Å². The van der Waals surface area contributed by atoms with E-state index in [0.29, 0.717) is 6.54 Å². The molecule has 0 saturated carbocycles. The highest BCUT2D eigenvalue weighted by Gasteiger charge is 2.28. The van der Waals surface area contributed by atoms with E-state index in [2.05, 4.69) is 39.9 Å². The molecule has 0 radical (unpaired) electrons. The van der Waals surface area contributed by atoms with E-state index in [1.165, 1.54) is 5.56 Å². The summed E-state index contributed by atoms with van der Waals surface area (Å²) in [5.74, 6) is 2.61. The van der Waals surface area contributed by atoms with Gasteiger partial charge in [0.1, 0.15) is 23.5 Å². The molecule has 1 fully saturated rings. The molecule has 0 aliphatic carbocycles. The molecule has 1 N–H and O–H groups in total. The molecule has 2 aromatic rings. The number of nitrogens with zero attached hydrogens (tertiary/aromatic N) is 5. The maximum absolute atomic E-state index is 10.0. The van der Waals surface area contributed by atoms with E-state index < -0.39 is 0 Å². The molecule has 0 spiro atoms. The second-order valence-corrected chi connectivity index (χ2v) is 7.70. The van der Waals surface area contributed by atoms with Crippen LogP contribution in [-0.4, -0.2) is 60.6 Å². The summed E-state index contributed by atoms with van der Waals surface area (Å²) in [6.45, 7) is 12.7. The van der Waals surface area contributed by atoms with Crippen molar-refractivity contribution in [3.8, 4) is 6.07 Å². The van der Waals surface area contributed by atoms with Gasteiger partial charge in [0.05, 0.1) is 18.4 Å². The molecule has 1 saturated heterocycles. The molecule has 4 rings (SSSR count). The van der Waals surface area contributed by atoms with Crippen molar-refractivity contribution in [2.75, 3.05) is 56.0 Å². The van der Waals surface area contributed by atoms with E-state index in [9.17, 15) is 5.26 Å². The lowest BCUT2D eigenvalue weighted by atomic mass is 9.95. The van der Waals surface area contributed by atoms with Crippen LogP contribution in [0.25, 0.3) is 0 Å². The largest absolute Gasteiger partial charge is 0.467 e. The highest BCUT2D eigenvalue weighted by molar-refractivity contribution is 5.67. The van der Waals surface area contributed by atoms with Crippen LogP contribution in [0.2, 0.25) is 0 Å². The molecule has 0 atom stereocenters. The van der Waals surface area contributed by atoms with E-state index in [1.54, 1.807) is 6.26 Å². The van der Waals surface area contributed by atoms with Gasteiger partial charge in [-0.25, -0.2) is 4.98 Å². The van der Waals surface area contributed by atoms with Gasteiger partial charge in [0, 0.05) is 44.8 Å². The summed E-state index contributed by atoms with van der Waals surface area (Å²) in [4.78, 5) is 12.1. The summed E-state index contributed by atoms with van der Waals surface area (Å²) in [7, 11) is 0. The molecule has 154 valence electrons. The number of fused-ring (bicyclic) bond motifs is 1. The second-order valence-electron chi connectivity index (χ2n) is 7.70. The molecule has 2 aliphatic rings. The van der Waals surface area contributed by atoms with Crippen LogP contribution in [0.15, 0.2) is 22.8 Å². The number of anilines is 2. The molecule has 2 aliphatic heterocycles. The van der Waals surface area contributed by atoms with E-state index in [1.807, 2.05) is 12.1 Å². The average Bonchev–Trinajstić information content (AvgIpc) is 3.30. The lowest BCUT2D eigenvalue weighted by Gasteiger charge is -2.37. The Morgan fingerprint density at radius 3 is 2.55 bits per heavy atom. The molecule has 7 heteroatoms. The van der Waals surface area contributed by atoms with Crippen molar-refractivity contribution < 1.29 is 4.42 Å². The van der Waals surface area contributed by atoms with Crippen LogP contribution in [-0.2, 0) is 19.5 Å². The van der Waals surface area contributed by atoms with Crippen LogP contribution in [0, 0.1) is 11.3 Å². The molecule has 0 unspecified atom stereocenters. The predicted molar refractivity (Wildman–Crippen MR) is 114 cm³/mol. The minimum atomic E-state index is 0.591. The first-order valence-electron chi connectivity index (χ1n) is 10.6. The molecular weight excluding hydrogens is 364 g/mol. The van der Waals surface area contributed by atoms with E-state index in [0.717, 1.165) is 87.3 Å². The van der Waals surface area contributed by atoms with Gasteiger partial charge in [-0.15, -0.1) is 0 Å². The smallest absolute Gasteiger partial charge is 0.149 e. The highest BCUT2D eigenvalue weighted by atomic mass is 16.3. The molecule has 0 bridgehead atoms. The summed E-state index contributed by atoms with van der Waals surface area (Å²) in [5.41, 5.74) is 3.10. The number of hydrogen-bond acceptors (Lipinski definition) is 7. The molecule has 4 heterocycles. The van der Waals surface area contributed by atoms with Crippen LogP contribution in [0.5, 0.6) is 0 Å². The highest BCUT2D eigenvalue weighted by Crippen LogP contribution is 2.34. The Labute approximate surface area is 172 Å². The molecular formula is C22H30N6O. The molecule has 0 amide bonds. The van der Waals surface area contributed by atoms with E-state index >= 15 is 0 Å². The zero-order valence-corrected chi connectivity index (χ0v) is 17.4. The van der Waals surface area contributed by atoms with E-state index in [-0.39, 0.29) is 0 Å². The normalized spacial score (nSPS) is 17.8. The lowest BCUT2D eigenvalue weighted by molar-refractivity contribution is 0.266. The van der Waals surface area contributed by atoms with Crippen molar-refractivity contribution in [2.45, 2.75) is 33.4 Å². The Morgan fingerprint density at radius 2 is 1.90 bits per heavy atom. The third kappa shape index (κ3) is 4.09. The van der Waals surface area contributed by atoms with Crippen molar-refractivity contribution in [1.29, 1.82) is 5.26 Å². The minimum Gasteiger partial charge on any atom is -0.467 e. The van der Waals surface area contributed by atoms with Gasteiger partial charge in [-0.2, -0.15) is 5.26 Å². The van der Waals surface area contributed by atoms with Gasteiger partial charge < -0.3 is 19.5 Å². The van der Waals surface area contributed by atoms with Crippen molar-refractivity contribution in [1.82, 2.24) is 14.8 Å². The number of furan rings is 1. The van der Waals surface area contributed by atoms with Gasteiger partial charge in [-0.1, -0.05) is 13.8 Å². The predicted octanol–water partition coefficient (Wildman–Crippen LogP) is 2.68. The number of rotatable bonds is 6. The third-order valence-corrected chi connectivity index (χ3v) is 6.14. The van der Waals surface area contributed by atoms with Gasteiger partial charge in [-0.05, 0) is 37.2 Å². The number of pyridine rings is 1. The molecule has 29 heavy (non-hydrogen) atoms. The van der Waals surface area contributed by atoms with Gasteiger partial charge in [0.25, 0.3) is 0 Å². The number of nitrogens with one attached hydrogen (secondary N) is 1. The van der Waals surface area contributed by atoms with Gasteiger partial charge >= 0.3 is 0 Å². The first kappa shape index (κ1) is 19.7. The average molecular weight is 395 g/mol. The summed E-state index contributed by atoms with van der Waals surface area (Å²) >= 11 is 0. The Hall–Kier alpha value is -2.56. The lowest BCUT2D eigenvalue weighted by Crippen LogP contribution is -2.47. The monoisotopic (exact) mass is 394 g/mol. The van der Waals surface area contributed by atoms with Gasteiger partial charge in [0.15, 0.2) is 0 Å². The topological polar surface area (TPSA) is 71.6 Å². The standard InChI is InChI=1S/C22H30N6O/c1-3-26-9-11-28(12-10-26)22-19(14-23)18-7-8-27(4-2)16-20(18)21(25-22)24-15-17-6-5-13-29-17/h5-6,13H,3-4,7-12,15-16H2,1-2H3,(H,24,25). The fourth-order valence-corrected chi connectivity index (χ4v) is 4.30. The number of piperazine rings is 1. The fourth-order valence-electron chi connectivity index (χ4n) is 4.30. The Morgan fingerprint density at radius 1 is 1.10 bits per heavy atom. The Bertz CT molecular complexity index is 864. The minimum absolute atomic E-state index is 0.591. The zero-order chi connectivity index (χ0) is 20.2. The van der Waals surface area contributed by atoms with E-state index in [4.69, 9.17) is 9.40 Å². The summed E-state index contributed by atoms with van der Waals surface area (Å²) in [6, 6.07) is 6.36. The number of aromatic nitrogens is 1. The number of hydrogen-bond donors (Lipinski definition) is 1. The van der Waals surface area contributed by atoms with Crippen LogP contribution in [0.3, 0.4) is 0 Å². The number of likely N-dealkylation sites (N-methyl/N-ethyl adjacent to an activating group) is 2. The second kappa shape index (κ2) is 8.85. The van der Waals surface area contributed by atoms with Crippen molar-refractivity contribution >= 4 is 11.6 Å². The first-order chi connectivity index (χ1) is 14.2. The fraction of sp³-hybridized carbons (Fsp3) is 0.545. The molecule has 7 nitrogen and oxygen atoms in total. The van der Waals surface area contributed by atoms with Gasteiger partial charge in [-0.3, -0.25) is 4.90 Å². The van der Waals surface area contributed by atoms with Crippen LogP contribution in [0.4, 0.5) is 11.6 Å². The van der Waals surface area contributed by atoms with Crippen LogP contribution >= 0.6 is 0 Å². The van der Waals surface area contributed by atoms with Crippen molar-refractivity contribution in [2.24, 2.45) is 0 Å². The molecule has 0 aromatic carbocycles. The maximum Gasteiger partial charge on any atom is 0.149 e.